The Bertz CT molecular complexity index is 440. The molecule has 1 aliphatic carbocycles. The van der Waals surface area contributed by atoms with E-state index in [2.05, 4.69) is 0 Å². The van der Waals surface area contributed by atoms with Crippen LogP contribution >= 0.6 is 0 Å². The fourth-order valence-corrected chi connectivity index (χ4v) is 2.52. The van der Waals surface area contributed by atoms with Crippen LogP contribution in [0.3, 0.4) is 0 Å². The number of carboxylic acid groups (broad SMARTS) is 1. The Hall–Kier alpha value is -1.87. The van der Waals surface area contributed by atoms with Crippen LogP contribution < -0.4 is 0 Å². The fourth-order valence-electron chi connectivity index (χ4n) is 2.52. The number of morpholine rings is 1. The van der Waals surface area contributed by atoms with Crippen LogP contribution in [0.5, 0.6) is 0 Å². The zero-order chi connectivity index (χ0) is 13.8. The highest BCUT2D eigenvalue weighted by molar-refractivity contribution is 5.85. The average molecular weight is 264 g/mol. The standard InChI is InChI=1S/C13H16N2O4/c14-7-9-8-15(5-6-19-9)12(16)10-3-1-2-4-11(10)13(17)18/h1-2,9-11H,3-6,8H2,(H,17,18). The second kappa shape index (κ2) is 5.85. The van der Waals surface area contributed by atoms with Gasteiger partial charge in [-0.15, -0.1) is 0 Å². The van der Waals surface area contributed by atoms with Crippen molar-refractivity contribution in [3.8, 4) is 6.07 Å². The smallest absolute Gasteiger partial charge is 0.307 e. The molecule has 0 bridgehead atoms. The molecule has 1 fully saturated rings. The Labute approximate surface area is 111 Å². The van der Waals surface area contributed by atoms with E-state index in [4.69, 9.17) is 10.00 Å². The molecule has 19 heavy (non-hydrogen) atoms. The van der Waals surface area contributed by atoms with Gasteiger partial charge in [0.05, 0.1) is 31.1 Å². The van der Waals surface area contributed by atoms with Gasteiger partial charge in [0.1, 0.15) is 0 Å². The van der Waals surface area contributed by atoms with E-state index in [1.807, 2.05) is 12.1 Å². The first-order valence-electron chi connectivity index (χ1n) is 6.31. The number of carboxylic acids is 1. The molecule has 2 aliphatic rings. The molecule has 102 valence electrons. The summed E-state index contributed by atoms with van der Waals surface area (Å²) in [5, 5.41) is 18.0. The van der Waals surface area contributed by atoms with E-state index < -0.39 is 23.9 Å². The third-order valence-electron chi connectivity index (χ3n) is 3.59. The van der Waals surface area contributed by atoms with E-state index in [1.165, 1.54) is 0 Å². The van der Waals surface area contributed by atoms with Crippen LogP contribution in [-0.4, -0.2) is 47.7 Å². The minimum absolute atomic E-state index is 0.180. The number of hydrogen-bond donors (Lipinski definition) is 1. The SMILES string of the molecule is N#CC1CN(C(=O)C2CC=CCC2C(=O)O)CCO1. The Morgan fingerprint density at radius 1 is 1.32 bits per heavy atom. The minimum Gasteiger partial charge on any atom is -0.481 e. The molecule has 0 aromatic carbocycles. The number of nitriles is 1. The summed E-state index contributed by atoms with van der Waals surface area (Å²) in [5.41, 5.74) is 0. The van der Waals surface area contributed by atoms with Gasteiger partial charge in [-0.3, -0.25) is 9.59 Å². The number of carbonyl (C=O) groups excluding carboxylic acids is 1. The summed E-state index contributed by atoms with van der Waals surface area (Å²) in [4.78, 5) is 25.1. The molecule has 0 spiro atoms. The van der Waals surface area contributed by atoms with Crippen LogP contribution in [0, 0.1) is 23.2 Å². The highest BCUT2D eigenvalue weighted by Gasteiger charge is 2.37. The van der Waals surface area contributed by atoms with Gasteiger partial charge in [0.15, 0.2) is 6.10 Å². The summed E-state index contributed by atoms with van der Waals surface area (Å²) in [6.07, 6.45) is 3.88. The molecule has 0 aromatic heterocycles. The first kappa shape index (κ1) is 13.6. The first-order chi connectivity index (χ1) is 9.13. The zero-order valence-electron chi connectivity index (χ0n) is 10.5. The molecule has 0 radical (unpaired) electrons. The van der Waals surface area contributed by atoms with Crippen molar-refractivity contribution in [3.63, 3.8) is 0 Å². The number of carbonyl (C=O) groups is 2. The number of allylic oxidation sites excluding steroid dienone is 2. The summed E-state index contributed by atoms with van der Waals surface area (Å²) >= 11 is 0. The zero-order valence-corrected chi connectivity index (χ0v) is 10.5. The number of rotatable bonds is 2. The largest absolute Gasteiger partial charge is 0.481 e. The van der Waals surface area contributed by atoms with Gasteiger partial charge in [-0.2, -0.15) is 5.26 Å². The minimum atomic E-state index is -0.937. The molecule has 0 aromatic rings. The van der Waals surface area contributed by atoms with Gasteiger partial charge in [-0.1, -0.05) is 12.2 Å². The van der Waals surface area contributed by atoms with Crippen molar-refractivity contribution in [2.75, 3.05) is 19.7 Å². The van der Waals surface area contributed by atoms with Crippen LogP contribution in [0.25, 0.3) is 0 Å². The molecule has 1 heterocycles. The van der Waals surface area contributed by atoms with Crippen molar-refractivity contribution in [1.29, 1.82) is 5.26 Å². The van der Waals surface area contributed by atoms with E-state index in [1.54, 1.807) is 11.0 Å². The third kappa shape index (κ3) is 2.93. The predicted molar refractivity (Wildman–Crippen MR) is 64.9 cm³/mol. The fraction of sp³-hybridized carbons (Fsp3) is 0.615. The monoisotopic (exact) mass is 264 g/mol. The van der Waals surface area contributed by atoms with Crippen molar-refractivity contribution in [3.05, 3.63) is 12.2 Å². The molecular weight excluding hydrogens is 248 g/mol. The van der Waals surface area contributed by atoms with Gasteiger partial charge in [-0.05, 0) is 12.8 Å². The third-order valence-corrected chi connectivity index (χ3v) is 3.59. The van der Waals surface area contributed by atoms with E-state index in [9.17, 15) is 14.7 Å². The molecule has 1 N–H and O–H groups in total. The number of aliphatic carboxylic acids is 1. The molecule has 2 rings (SSSR count). The van der Waals surface area contributed by atoms with E-state index in [0.717, 1.165) is 0 Å². The van der Waals surface area contributed by atoms with Crippen molar-refractivity contribution in [1.82, 2.24) is 4.90 Å². The number of ether oxygens (including phenoxy) is 1. The van der Waals surface area contributed by atoms with Crippen LogP contribution in [0.15, 0.2) is 12.2 Å². The van der Waals surface area contributed by atoms with E-state index >= 15 is 0 Å². The maximum Gasteiger partial charge on any atom is 0.307 e. The maximum absolute atomic E-state index is 12.4. The molecule has 1 amide bonds. The molecule has 6 heteroatoms. The second-order valence-electron chi connectivity index (χ2n) is 4.77. The highest BCUT2D eigenvalue weighted by atomic mass is 16.5. The summed E-state index contributed by atoms with van der Waals surface area (Å²) in [6.45, 7) is 0.968. The van der Waals surface area contributed by atoms with E-state index in [0.29, 0.717) is 26.0 Å². The van der Waals surface area contributed by atoms with Crippen molar-refractivity contribution in [2.24, 2.45) is 11.8 Å². The van der Waals surface area contributed by atoms with Crippen molar-refractivity contribution < 1.29 is 19.4 Å². The second-order valence-corrected chi connectivity index (χ2v) is 4.77. The van der Waals surface area contributed by atoms with Crippen LogP contribution in [0.4, 0.5) is 0 Å². The Kier molecular flexibility index (Phi) is 4.17. The molecule has 0 saturated carbocycles. The highest BCUT2D eigenvalue weighted by Crippen LogP contribution is 2.28. The molecule has 3 unspecified atom stereocenters. The van der Waals surface area contributed by atoms with Gasteiger partial charge < -0.3 is 14.7 Å². The number of nitrogens with zero attached hydrogens (tertiary/aromatic N) is 2. The summed E-state index contributed by atoms with van der Waals surface area (Å²) in [6, 6.07) is 1.98. The lowest BCUT2D eigenvalue weighted by molar-refractivity contribution is -0.153. The van der Waals surface area contributed by atoms with Crippen LogP contribution in [0.2, 0.25) is 0 Å². The number of hydrogen-bond acceptors (Lipinski definition) is 4. The van der Waals surface area contributed by atoms with Crippen molar-refractivity contribution >= 4 is 11.9 Å². The van der Waals surface area contributed by atoms with Crippen molar-refractivity contribution in [2.45, 2.75) is 18.9 Å². The van der Waals surface area contributed by atoms with Crippen LogP contribution in [-0.2, 0) is 14.3 Å². The van der Waals surface area contributed by atoms with Gasteiger partial charge in [0, 0.05) is 6.54 Å². The normalized spacial score (nSPS) is 30.7. The van der Waals surface area contributed by atoms with Gasteiger partial charge in [0.25, 0.3) is 0 Å². The van der Waals surface area contributed by atoms with Gasteiger partial charge in [-0.25, -0.2) is 0 Å². The Morgan fingerprint density at radius 3 is 2.63 bits per heavy atom. The van der Waals surface area contributed by atoms with E-state index in [-0.39, 0.29) is 12.5 Å². The van der Waals surface area contributed by atoms with Gasteiger partial charge in [0.2, 0.25) is 5.91 Å². The topological polar surface area (TPSA) is 90.6 Å². The molecular formula is C13H16N2O4. The summed E-state index contributed by atoms with van der Waals surface area (Å²) in [5.74, 6) is -2.31. The maximum atomic E-state index is 12.4. The average Bonchev–Trinajstić information content (AvgIpc) is 2.46. The molecule has 1 saturated heterocycles. The molecule has 6 nitrogen and oxygen atoms in total. The Morgan fingerprint density at radius 2 is 2.00 bits per heavy atom. The van der Waals surface area contributed by atoms with Gasteiger partial charge >= 0.3 is 5.97 Å². The lowest BCUT2D eigenvalue weighted by Crippen LogP contribution is -2.49. The summed E-state index contributed by atoms with van der Waals surface area (Å²) in [7, 11) is 0. The predicted octanol–water partition coefficient (Wildman–Crippen LogP) is 0.404. The number of amides is 1. The molecule has 1 aliphatic heterocycles. The van der Waals surface area contributed by atoms with Crippen LogP contribution in [0.1, 0.15) is 12.8 Å². The Balaban J connectivity index is 2.07. The lowest BCUT2D eigenvalue weighted by atomic mass is 9.82. The lowest BCUT2D eigenvalue weighted by Gasteiger charge is -2.34. The summed E-state index contributed by atoms with van der Waals surface area (Å²) < 4.78 is 5.18. The molecule has 3 atom stereocenters. The quantitative estimate of drug-likeness (QED) is 0.729. The first-order valence-corrected chi connectivity index (χ1v) is 6.31.